The van der Waals surface area contributed by atoms with Crippen molar-refractivity contribution in [2.45, 2.75) is 33.2 Å². The largest absolute Gasteiger partial charge is 0.328 e. The summed E-state index contributed by atoms with van der Waals surface area (Å²) in [6, 6.07) is 5.89. The molecule has 0 spiro atoms. The number of hydrogen-bond acceptors (Lipinski definition) is 2. The first-order chi connectivity index (χ1) is 8.67. The first-order valence-electron chi connectivity index (χ1n) is 6.53. The molecule has 1 atom stereocenters. The fourth-order valence-corrected chi connectivity index (χ4v) is 2.44. The van der Waals surface area contributed by atoms with Gasteiger partial charge in [-0.25, -0.2) is 4.98 Å². The van der Waals surface area contributed by atoms with Gasteiger partial charge < -0.3 is 9.88 Å². The zero-order valence-corrected chi connectivity index (χ0v) is 12.0. The van der Waals surface area contributed by atoms with Gasteiger partial charge in [0.2, 0.25) is 0 Å². The third-order valence-electron chi connectivity index (χ3n) is 3.20. The van der Waals surface area contributed by atoms with Gasteiger partial charge in [-0.05, 0) is 31.7 Å². The summed E-state index contributed by atoms with van der Waals surface area (Å²) in [5.41, 5.74) is 2.16. The maximum atomic E-state index is 6.07. The van der Waals surface area contributed by atoms with Gasteiger partial charge in [-0.2, -0.15) is 0 Å². The van der Waals surface area contributed by atoms with Gasteiger partial charge in [-0.15, -0.1) is 0 Å². The molecule has 1 aromatic heterocycles. The average molecular weight is 266 g/mol. The third kappa shape index (κ3) is 2.52. The maximum absolute atomic E-state index is 6.07. The molecule has 3 nitrogen and oxygen atoms in total. The Balaban J connectivity index is 2.43. The molecule has 0 amide bonds. The predicted octanol–water partition coefficient (Wildman–Crippen LogP) is 3.42. The minimum Gasteiger partial charge on any atom is -0.328 e. The smallest absolute Gasteiger partial charge is 0.113 e. The molecule has 4 heteroatoms. The first-order valence-corrected chi connectivity index (χ1v) is 6.91. The number of hydrogen-bond donors (Lipinski definition) is 1. The Labute approximate surface area is 113 Å². The second kappa shape index (κ2) is 5.72. The summed E-state index contributed by atoms with van der Waals surface area (Å²) in [6.07, 6.45) is 0. The number of imidazole rings is 1. The van der Waals surface area contributed by atoms with Gasteiger partial charge in [0.25, 0.3) is 0 Å². The van der Waals surface area contributed by atoms with Crippen molar-refractivity contribution in [1.29, 1.82) is 0 Å². The monoisotopic (exact) mass is 265 g/mol. The Morgan fingerprint density at radius 3 is 2.83 bits per heavy atom. The van der Waals surface area contributed by atoms with Crippen LogP contribution in [0.1, 0.15) is 32.5 Å². The molecular weight excluding hydrogens is 246 g/mol. The second-order valence-corrected chi connectivity index (χ2v) is 4.99. The number of aryl methyl sites for hydroxylation is 1. The van der Waals surface area contributed by atoms with E-state index in [-0.39, 0.29) is 0 Å². The lowest BCUT2D eigenvalue weighted by Gasteiger charge is -2.13. The van der Waals surface area contributed by atoms with Gasteiger partial charge in [-0.3, -0.25) is 0 Å². The highest BCUT2D eigenvalue weighted by atomic mass is 35.5. The molecule has 0 aliphatic heterocycles. The van der Waals surface area contributed by atoms with Gasteiger partial charge >= 0.3 is 0 Å². The molecule has 1 unspecified atom stereocenters. The molecule has 0 saturated heterocycles. The van der Waals surface area contributed by atoms with Crippen LogP contribution in [0.2, 0.25) is 5.02 Å². The van der Waals surface area contributed by atoms with Crippen LogP contribution >= 0.6 is 11.6 Å². The number of fused-ring (bicyclic) bond motifs is 1. The molecule has 0 bridgehead atoms. The van der Waals surface area contributed by atoms with Gasteiger partial charge in [0, 0.05) is 24.0 Å². The molecule has 1 N–H and O–H groups in total. The standard InChI is InChI=1S/C14H20ClN3/c1-4-16-9-10(3)14-17-12-7-6-11(15)8-13(12)18(14)5-2/h6-8,10,16H,4-5,9H2,1-3H3. The Morgan fingerprint density at radius 2 is 2.17 bits per heavy atom. The molecule has 2 aromatic rings. The van der Waals surface area contributed by atoms with Crippen molar-refractivity contribution in [3.05, 3.63) is 29.0 Å². The van der Waals surface area contributed by atoms with E-state index < -0.39 is 0 Å². The van der Waals surface area contributed by atoms with Crippen LogP contribution in [0.4, 0.5) is 0 Å². The van der Waals surface area contributed by atoms with E-state index >= 15 is 0 Å². The number of halogens is 1. The van der Waals surface area contributed by atoms with Crippen LogP contribution in [0.15, 0.2) is 18.2 Å². The summed E-state index contributed by atoms with van der Waals surface area (Å²) in [4.78, 5) is 4.74. The number of nitrogens with zero attached hydrogens (tertiary/aromatic N) is 2. The van der Waals surface area contributed by atoms with Crippen molar-refractivity contribution in [1.82, 2.24) is 14.9 Å². The van der Waals surface area contributed by atoms with E-state index in [1.54, 1.807) is 0 Å². The summed E-state index contributed by atoms with van der Waals surface area (Å²) in [5, 5.41) is 4.14. The SMILES string of the molecule is CCNCC(C)c1nc2ccc(Cl)cc2n1CC. The van der Waals surface area contributed by atoms with E-state index in [1.807, 2.05) is 18.2 Å². The molecule has 1 aromatic carbocycles. The van der Waals surface area contributed by atoms with Crippen molar-refractivity contribution in [2.75, 3.05) is 13.1 Å². The summed E-state index contributed by atoms with van der Waals surface area (Å²) >= 11 is 6.07. The van der Waals surface area contributed by atoms with E-state index in [1.165, 1.54) is 0 Å². The van der Waals surface area contributed by atoms with Crippen molar-refractivity contribution in [3.8, 4) is 0 Å². The van der Waals surface area contributed by atoms with Crippen LogP contribution in [-0.4, -0.2) is 22.6 Å². The molecule has 0 aliphatic carbocycles. The van der Waals surface area contributed by atoms with Crippen molar-refractivity contribution >= 4 is 22.6 Å². The molecule has 2 rings (SSSR count). The van der Waals surface area contributed by atoms with Crippen LogP contribution < -0.4 is 5.32 Å². The molecule has 0 fully saturated rings. The van der Waals surface area contributed by atoms with Crippen LogP contribution in [0.25, 0.3) is 11.0 Å². The predicted molar refractivity (Wildman–Crippen MR) is 77.4 cm³/mol. The number of rotatable bonds is 5. The summed E-state index contributed by atoms with van der Waals surface area (Å²) < 4.78 is 2.25. The van der Waals surface area contributed by atoms with Gasteiger partial charge in [-0.1, -0.05) is 25.4 Å². The van der Waals surface area contributed by atoms with Crippen molar-refractivity contribution in [3.63, 3.8) is 0 Å². The highest BCUT2D eigenvalue weighted by Gasteiger charge is 2.15. The Morgan fingerprint density at radius 1 is 1.39 bits per heavy atom. The van der Waals surface area contributed by atoms with Crippen LogP contribution in [-0.2, 0) is 6.54 Å². The minimum atomic E-state index is 0.399. The minimum absolute atomic E-state index is 0.399. The molecular formula is C14H20ClN3. The lowest BCUT2D eigenvalue weighted by Crippen LogP contribution is -2.21. The summed E-state index contributed by atoms with van der Waals surface area (Å²) in [6.45, 7) is 9.33. The molecule has 18 heavy (non-hydrogen) atoms. The molecule has 0 saturated carbocycles. The Bertz CT molecular complexity index is 533. The highest BCUT2D eigenvalue weighted by molar-refractivity contribution is 6.31. The zero-order valence-electron chi connectivity index (χ0n) is 11.2. The number of nitrogens with one attached hydrogen (secondary N) is 1. The third-order valence-corrected chi connectivity index (χ3v) is 3.43. The van der Waals surface area contributed by atoms with Crippen LogP contribution in [0.5, 0.6) is 0 Å². The number of aromatic nitrogens is 2. The fraction of sp³-hybridized carbons (Fsp3) is 0.500. The topological polar surface area (TPSA) is 29.9 Å². The van der Waals surface area contributed by atoms with E-state index in [4.69, 9.17) is 16.6 Å². The summed E-state index contributed by atoms with van der Waals surface area (Å²) in [5.74, 6) is 1.53. The van der Waals surface area contributed by atoms with E-state index in [0.29, 0.717) is 5.92 Å². The van der Waals surface area contributed by atoms with Crippen LogP contribution in [0.3, 0.4) is 0 Å². The average Bonchev–Trinajstić information content (AvgIpc) is 2.73. The maximum Gasteiger partial charge on any atom is 0.113 e. The molecule has 98 valence electrons. The molecule has 1 heterocycles. The quantitative estimate of drug-likeness (QED) is 0.898. The molecule has 0 radical (unpaired) electrons. The summed E-state index contributed by atoms with van der Waals surface area (Å²) in [7, 11) is 0. The Hall–Kier alpha value is -1.06. The van der Waals surface area contributed by atoms with Crippen molar-refractivity contribution in [2.24, 2.45) is 0 Å². The van der Waals surface area contributed by atoms with Crippen molar-refractivity contribution < 1.29 is 0 Å². The normalized spacial score (nSPS) is 13.1. The van der Waals surface area contributed by atoms with Crippen LogP contribution in [0, 0.1) is 0 Å². The zero-order chi connectivity index (χ0) is 13.1. The molecule has 0 aliphatic rings. The first kappa shape index (κ1) is 13.4. The van der Waals surface area contributed by atoms with Gasteiger partial charge in [0.15, 0.2) is 0 Å². The van der Waals surface area contributed by atoms with E-state index in [9.17, 15) is 0 Å². The van der Waals surface area contributed by atoms with Gasteiger partial charge in [0.05, 0.1) is 11.0 Å². The lowest BCUT2D eigenvalue weighted by molar-refractivity contribution is 0.577. The number of likely N-dealkylation sites (N-methyl/N-ethyl adjacent to an activating group) is 1. The Kier molecular flexibility index (Phi) is 4.25. The second-order valence-electron chi connectivity index (χ2n) is 4.56. The van der Waals surface area contributed by atoms with Gasteiger partial charge in [0.1, 0.15) is 5.82 Å². The number of benzene rings is 1. The van der Waals surface area contributed by atoms with E-state index in [0.717, 1.165) is 41.5 Å². The highest BCUT2D eigenvalue weighted by Crippen LogP contribution is 2.24. The fourth-order valence-electron chi connectivity index (χ4n) is 2.28. The van der Waals surface area contributed by atoms with E-state index in [2.05, 4.69) is 30.7 Å². The lowest BCUT2D eigenvalue weighted by atomic mass is 10.1.